The molecule has 3 rings (SSSR count). The van der Waals surface area contributed by atoms with Crippen molar-refractivity contribution in [3.05, 3.63) is 64.7 Å². The van der Waals surface area contributed by atoms with E-state index in [2.05, 4.69) is 26.0 Å². The van der Waals surface area contributed by atoms with Gasteiger partial charge in [0.25, 0.3) is 0 Å². The summed E-state index contributed by atoms with van der Waals surface area (Å²) >= 11 is 0. The number of pyridine rings is 1. The molecule has 0 aliphatic carbocycles. The number of nitrogens with zero attached hydrogens (tertiary/aromatic N) is 1. The van der Waals surface area contributed by atoms with Crippen LogP contribution < -0.4 is 0 Å². The molecular formula is C23H24F3N. The zero-order valence-corrected chi connectivity index (χ0v) is 16.3. The second-order valence-corrected chi connectivity index (χ2v) is 7.99. The fourth-order valence-electron chi connectivity index (χ4n) is 3.41. The molecule has 0 amide bonds. The lowest BCUT2D eigenvalue weighted by Gasteiger charge is -2.28. The lowest BCUT2D eigenvalue weighted by molar-refractivity contribution is -0.210. The van der Waals surface area contributed by atoms with Crippen molar-refractivity contribution < 1.29 is 13.2 Å². The minimum atomic E-state index is -4.25. The summed E-state index contributed by atoms with van der Waals surface area (Å²) < 4.78 is 39.9. The third-order valence-electron chi connectivity index (χ3n) is 5.31. The van der Waals surface area contributed by atoms with Crippen LogP contribution >= 0.6 is 0 Å². The molecule has 0 spiro atoms. The van der Waals surface area contributed by atoms with E-state index in [4.69, 9.17) is 4.98 Å². The highest BCUT2D eigenvalue weighted by molar-refractivity contribution is 5.85. The highest BCUT2D eigenvalue weighted by Crippen LogP contribution is 2.41. The number of hydrogen-bond donors (Lipinski definition) is 0. The first kappa shape index (κ1) is 19.4. The Kier molecular flexibility index (Phi) is 4.79. The van der Waals surface area contributed by atoms with Gasteiger partial charge in [0.2, 0.25) is 0 Å². The van der Waals surface area contributed by atoms with Crippen molar-refractivity contribution >= 4 is 10.9 Å². The van der Waals surface area contributed by atoms with Crippen molar-refractivity contribution in [2.24, 2.45) is 5.41 Å². The Hall–Kier alpha value is -2.36. The molecule has 0 radical (unpaired) electrons. The van der Waals surface area contributed by atoms with E-state index in [-0.39, 0.29) is 6.42 Å². The van der Waals surface area contributed by atoms with E-state index < -0.39 is 11.6 Å². The molecule has 0 unspecified atom stereocenters. The lowest BCUT2D eigenvalue weighted by Crippen LogP contribution is -2.34. The van der Waals surface area contributed by atoms with E-state index in [1.807, 2.05) is 25.1 Å². The van der Waals surface area contributed by atoms with Crippen molar-refractivity contribution in [2.45, 2.75) is 47.2 Å². The van der Waals surface area contributed by atoms with Gasteiger partial charge in [0.15, 0.2) is 0 Å². The average molecular weight is 371 g/mol. The topological polar surface area (TPSA) is 12.9 Å². The molecule has 0 saturated heterocycles. The molecule has 27 heavy (non-hydrogen) atoms. The Morgan fingerprint density at radius 3 is 2.30 bits per heavy atom. The van der Waals surface area contributed by atoms with Gasteiger partial charge in [0.1, 0.15) is 0 Å². The number of aromatic nitrogens is 1. The van der Waals surface area contributed by atoms with Gasteiger partial charge in [-0.3, -0.25) is 0 Å². The minimum absolute atomic E-state index is 0.0720. The number of aryl methyl sites for hydroxylation is 2. The number of benzene rings is 2. The fraction of sp³-hybridized carbons (Fsp3) is 0.348. The van der Waals surface area contributed by atoms with Crippen LogP contribution in [0.15, 0.2) is 42.5 Å². The number of halogens is 3. The predicted octanol–water partition coefficient (Wildman–Crippen LogP) is 6.96. The quantitative estimate of drug-likeness (QED) is 0.485. The molecule has 1 aromatic heterocycles. The number of hydrogen-bond acceptors (Lipinski definition) is 1. The molecule has 1 nitrogen and oxygen atoms in total. The Bertz CT molecular complexity index is 1000. The highest BCUT2D eigenvalue weighted by atomic mass is 19.4. The second kappa shape index (κ2) is 6.66. The van der Waals surface area contributed by atoms with Gasteiger partial charge >= 0.3 is 6.18 Å². The van der Waals surface area contributed by atoms with Crippen molar-refractivity contribution in [3.63, 3.8) is 0 Å². The minimum Gasteiger partial charge on any atom is -0.248 e. The molecular weight excluding hydrogens is 347 g/mol. The van der Waals surface area contributed by atoms with Crippen molar-refractivity contribution in [3.8, 4) is 11.3 Å². The number of fused-ring (bicyclic) bond motifs is 1. The van der Waals surface area contributed by atoms with Crippen LogP contribution in [0.1, 0.15) is 36.1 Å². The Morgan fingerprint density at radius 1 is 0.926 bits per heavy atom. The van der Waals surface area contributed by atoms with Crippen LogP contribution in [0.3, 0.4) is 0 Å². The summed E-state index contributed by atoms with van der Waals surface area (Å²) in [5.41, 5.74) is 5.05. The molecule has 3 aromatic rings. The van der Waals surface area contributed by atoms with Gasteiger partial charge in [-0.05, 0) is 62.1 Å². The summed E-state index contributed by atoms with van der Waals surface area (Å²) in [7, 11) is 0. The van der Waals surface area contributed by atoms with E-state index >= 15 is 0 Å². The molecule has 0 aliphatic heterocycles. The second-order valence-electron chi connectivity index (χ2n) is 7.99. The van der Waals surface area contributed by atoms with Gasteiger partial charge in [-0.25, -0.2) is 4.98 Å². The molecule has 2 aromatic carbocycles. The SMILES string of the molecule is Cc1cc(C)c(C)c(-c2ccc3c(CC(C)(C)C(F)(F)F)cccc3n2)c1. The van der Waals surface area contributed by atoms with Crippen molar-refractivity contribution in [1.29, 1.82) is 0 Å². The van der Waals surface area contributed by atoms with Crippen molar-refractivity contribution in [2.75, 3.05) is 0 Å². The first-order valence-electron chi connectivity index (χ1n) is 9.03. The summed E-state index contributed by atoms with van der Waals surface area (Å²) in [5.74, 6) is 0. The van der Waals surface area contributed by atoms with E-state index in [0.717, 1.165) is 27.7 Å². The molecule has 0 N–H and O–H groups in total. The maximum Gasteiger partial charge on any atom is 0.394 e. The summed E-state index contributed by atoms with van der Waals surface area (Å²) in [6, 6.07) is 13.5. The molecule has 0 bridgehead atoms. The van der Waals surface area contributed by atoms with E-state index in [0.29, 0.717) is 5.56 Å². The van der Waals surface area contributed by atoms with Gasteiger partial charge in [-0.1, -0.05) is 43.7 Å². The van der Waals surface area contributed by atoms with Gasteiger partial charge < -0.3 is 0 Å². The largest absolute Gasteiger partial charge is 0.394 e. The van der Waals surface area contributed by atoms with Gasteiger partial charge in [-0.2, -0.15) is 13.2 Å². The molecule has 0 saturated carbocycles. The highest BCUT2D eigenvalue weighted by Gasteiger charge is 2.47. The summed E-state index contributed by atoms with van der Waals surface area (Å²) in [5, 5.41) is 0.778. The lowest BCUT2D eigenvalue weighted by atomic mass is 9.84. The summed E-state index contributed by atoms with van der Waals surface area (Å²) in [6.07, 6.45) is -4.32. The predicted molar refractivity (Wildman–Crippen MR) is 105 cm³/mol. The monoisotopic (exact) mass is 371 g/mol. The van der Waals surface area contributed by atoms with Gasteiger partial charge in [0.05, 0.1) is 16.6 Å². The van der Waals surface area contributed by atoms with Crippen LogP contribution in [0.4, 0.5) is 13.2 Å². The van der Waals surface area contributed by atoms with Crippen LogP contribution in [-0.2, 0) is 6.42 Å². The van der Waals surface area contributed by atoms with Gasteiger partial charge in [-0.15, -0.1) is 0 Å². The Balaban J connectivity index is 2.09. The number of rotatable bonds is 3. The maximum atomic E-state index is 13.3. The van der Waals surface area contributed by atoms with Crippen molar-refractivity contribution in [1.82, 2.24) is 4.98 Å². The third kappa shape index (κ3) is 3.71. The third-order valence-corrected chi connectivity index (χ3v) is 5.31. The van der Waals surface area contributed by atoms with E-state index in [1.165, 1.54) is 25.0 Å². The van der Waals surface area contributed by atoms with E-state index in [1.54, 1.807) is 12.1 Å². The Morgan fingerprint density at radius 2 is 1.63 bits per heavy atom. The van der Waals surface area contributed by atoms with Crippen LogP contribution in [0.25, 0.3) is 22.2 Å². The van der Waals surface area contributed by atoms with Crippen LogP contribution in [0.2, 0.25) is 0 Å². The van der Waals surface area contributed by atoms with Crippen LogP contribution in [0.5, 0.6) is 0 Å². The van der Waals surface area contributed by atoms with E-state index in [9.17, 15) is 13.2 Å². The standard InChI is InChI=1S/C23H24F3N/c1-14-11-15(2)16(3)19(12-14)21-10-9-18-17(7-6-8-20(18)27-21)13-22(4,5)23(24,25)26/h6-12H,13H2,1-5H3. The maximum absolute atomic E-state index is 13.3. The fourth-order valence-corrected chi connectivity index (χ4v) is 3.41. The molecule has 1 heterocycles. The smallest absolute Gasteiger partial charge is 0.248 e. The van der Waals surface area contributed by atoms with Gasteiger partial charge in [0, 0.05) is 10.9 Å². The molecule has 0 aliphatic rings. The Labute approximate surface area is 158 Å². The first-order chi connectivity index (χ1) is 12.5. The zero-order valence-electron chi connectivity index (χ0n) is 16.3. The first-order valence-corrected chi connectivity index (χ1v) is 9.03. The summed E-state index contributed by atoms with van der Waals surface area (Å²) in [4.78, 5) is 4.76. The molecule has 0 fully saturated rings. The molecule has 0 atom stereocenters. The number of alkyl halides is 3. The zero-order chi connectivity index (χ0) is 20.0. The average Bonchev–Trinajstić information content (AvgIpc) is 2.56. The van der Waals surface area contributed by atoms with Crippen LogP contribution in [-0.4, -0.2) is 11.2 Å². The normalized spacial score (nSPS) is 12.6. The molecule has 142 valence electrons. The molecule has 4 heteroatoms. The summed E-state index contributed by atoms with van der Waals surface area (Å²) in [6.45, 7) is 8.68. The van der Waals surface area contributed by atoms with Crippen LogP contribution in [0, 0.1) is 26.2 Å².